The Hall–Kier alpha value is -5.99. The molecule has 56 heavy (non-hydrogen) atoms. The molecule has 0 aliphatic carbocycles. The Morgan fingerprint density at radius 3 is 1.93 bits per heavy atom. The predicted molar refractivity (Wildman–Crippen MR) is 216 cm³/mol. The van der Waals surface area contributed by atoms with Crippen LogP contribution in [-0.4, -0.2) is 99.3 Å². The summed E-state index contributed by atoms with van der Waals surface area (Å²) in [6.45, 7) is 9.25. The van der Waals surface area contributed by atoms with E-state index in [1.165, 1.54) is 0 Å². The van der Waals surface area contributed by atoms with Crippen LogP contribution < -0.4 is 34.4 Å². The number of carbonyl (C=O) groups is 1. The lowest BCUT2D eigenvalue weighted by molar-refractivity contribution is 0.122. The first-order valence-electron chi connectivity index (χ1n) is 19.0. The summed E-state index contributed by atoms with van der Waals surface area (Å²) < 4.78 is 21.9. The largest absolute Gasteiger partial charge is 0.497 e. The van der Waals surface area contributed by atoms with Crippen LogP contribution in [-0.2, 0) is 29.0 Å². The number of hydrogen-bond acceptors (Lipinski definition) is 12. The van der Waals surface area contributed by atoms with Crippen LogP contribution in [0.4, 0.5) is 33.9 Å². The monoisotopic (exact) mass is 757 g/mol. The second-order valence-electron chi connectivity index (χ2n) is 14.0. The number of rotatable bonds is 11. The van der Waals surface area contributed by atoms with Crippen LogP contribution in [0.5, 0.6) is 11.5 Å². The molecule has 14 nitrogen and oxygen atoms in total. The smallest absolute Gasteiger partial charge is 0.327 e. The lowest BCUT2D eigenvalue weighted by atomic mass is 10.1. The van der Waals surface area contributed by atoms with E-state index >= 15 is 0 Å². The molecule has 5 aromatic rings. The van der Waals surface area contributed by atoms with Gasteiger partial charge in [-0.3, -0.25) is 4.90 Å². The second kappa shape index (κ2) is 16.8. The number of nitrogens with one attached hydrogen (secondary N) is 1. The van der Waals surface area contributed by atoms with Crippen LogP contribution in [0.3, 0.4) is 0 Å². The van der Waals surface area contributed by atoms with E-state index in [1.54, 1.807) is 19.1 Å². The van der Waals surface area contributed by atoms with Crippen molar-refractivity contribution in [3.05, 3.63) is 101 Å². The Morgan fingerprint density at radius 1 is 0.768 bits per heavy atom. The summed E-state index contributed by atoms with van der Waals surface area (Å²) in [6.07, 6.45) is 4.25. The molecule has 0 radical (unpaired) electrons. The molecule has 2 saturated heterocycles. The van der Waals surface area contributed by atoms with E-state index in [1.807, 2.05) is 49.6 Å². The molecule has 0 spiro atoms. The summed E-state index contributed by atoms with van der Waals surface area (Å²) in [7, 11) is 3.33. The fourth-order valence-corrected chi connectivity index (χ4v) is 7.28. The summed E-state index contributed by atoms with van der Waals surface area (Å²) in [5.74, 6) is 3.33. The highest BCUT2D eigenvalue weighted by molar-refractivity contribution is 6.03. The highest BCUT2D eigenvalue weighted by Crippen LogP contribution is 2.36. The highest BCUT2D eigenvalue weighted by atomic mass is 16.5. The standard InChI is InChI=1S/C42H47N9O5/c1-29-24-33(48-16-20-55-21-17-48)8-13-37(29)45-42(52)51-15-14-36-38(46-41(47-39(36)51)49-18-22-56-23-19-49)32-25-43-40(44-26-32)50(27-30-4-9-34(53-2)10-5-30)28-31-6-11-35(54-3)12-7-31/h4-13,24-26H,14-23,27-28H2,1-3H3,(H,45,52). The zero-order valence-electron chi connectivity index (χ0n) is 32.1. The minimum Gasteiger partial charge on any atom is -0.497 e. The topological polar surface area (TPSA) is 131 Å². The van der Waals surface area contributed by atoms with Crippen molar-refractivity contribution in [2.45, 2.75) is 26.4 Å². The van der Waals surface area contributed by atoms with Gasteiger partial charge in [0.25, 0.3) is 0 Å². The van der Waals surface area contributed by atoms with Gasteiger partial charge >= 0.3 is 6.03 Å². The zero-order valence-corrected chi connectivity index (χ0v) is 32.1. The molecule has 0 bridgehead atoms. The van der Waals surface area contributed by atoms with Gasteiger partial charge in [-0.1, -0.05) is 24.3 Å². The Kier molecular flexibility index (Phi) is 11.1. The maximum Gasteiger partial charge on any atom is 0.327 e. The van der Waals surface area contributed by atoms with Gasteiger partial charge in [-0.05, 0) is 72.5 Å². The van der Waals surface area contributed by atoms with Crippen molar-refractivity contribution in [1.82, 2.24) is 19.9 Å². The van der Waals surface area contributed by atoms with Crippen molar-refractivity contribution in [2.75, 3.05) is 98.3 Å². The zero-order chi connectivity index (χ0) is 38.4. The molecule has 3 aromatic carbocycles. The number of hydrogen-bond donors (Lipinski definition) is 1. The number of benzene rings is 3. The average molecular weight is 758 g/mol. The number of amides is 2. The lowest BCUT2D eigenvalue weighted by Crippen LogP contribution is -2.38. The van der Waals surface area contributed by atoms with Crippen LogP contribution in [0.15, 0.2) is 79.1 Å². The van der Waals surface area contributed by atoms with Crippen molar-refractivity contribution in [3.8, 4) is 22.8 Å². The first-order chi connectivity index (χ1) is 27.4. The van der Waals surface area contributed by atoms with Crippen LogP contribution in [0.2, 0.25) is 0 Å². The summed E-state index contributed by atoms with van der Waals surface area (Å²) in [5.41, 5.74) is 7.44. The van der Waals surface area contributed by atoms with Crippen molar-refractivity contribution < 1.29 is 23.7 Å². The lowest BCUT2D eigenvalue weighted by Gasteiger charge is -2.29. The van der Waals surface area contributed by atoms with Gasteiger partial charge in [0.2, 0.25) is 11.9 Å². The Balaban J connectivity index is 1.08. The number of ether oxygens (including phenoxy) is 4. The maximum absolute atomic E-state index is 14.0. The van der Waals surface area contributed by atoms with E-state index in [-0.39, 0.29) is 6.03 Å². The number of urea groups is 1. The summed E-state index contributed by atoms with van der Waals surface area (Å²) in [4.78, 5) is 42.2. The van der Waals surface area contributed by atoms with Crippen LogP contribution in [0.1, 0.15) is 22.3 Å². The predicted octanol–water partition coefficient (Wildman–Crippen LogP) is 5.73. The van der Waals surface area contributed by atoms with E-state index in [4.69, 9.17) is 38.9 Å². The van der Waals surface area contributed by atoms with Crippen LogP contribution in [0, 0.1) is 6.92 Å². The van der Waals surface area contributed by atoms with Gasteiger partial charge < -0.3 is 39.0 Å². The third-order valence-corrected chi connectivity index (χ3v) is 10.4. The van der Waals surface area contributed by atoms with E-state index in [0.29, 0.717) is 83.3 Å². The molecule has 2 amide bonds. The van der Waals surface area contributed by atoms with Crippen LogP contribution in [0.25, 0.3) is 11.3 Å². The molecular formula is C42H47N9O5. The number of methoxy groups -OCH3 is 2. The molecule has 14 heteroatoms. The van der Waals surface area contributed by atoms with E-state index in [0.717, 1.165) is 69.5 Å². The van der Waals surface area contributed by atoms with Crippen molar-refractivity contribution >= 4 is 35.1 Å². The average Bonchev–Trinajstić information content (AvgIpc) is 3.69. The van der Waals surface area contributed by atoms with Gasteiger partial charge in [-0.15, -0.1) is 0 Å². The maximum atomic E-state index is 14.0. The quantitative estimate of drug-likeness (QED) is 0.177. The Labute approximate surface area is 327 Å². The third kappa shape index (κ3) is 8.16. The van der Waals surface area contributed by atoms with Gasteiger partial charge in [0, 0.05) is 80.7 Å². The molecule has 2 fully saturated rings. The first kappa shape index (κ1) is 37.0. The molecule has 3 aliphatic heterocycles. The van der Waals surface area contributed by atoms with Gasteiger partial charge in [0.05, 0.1) is 46.3 Å². The van der Waals surface area contributed by atoms with Gasteiger partial charge in [-0.25, -0.2) is 19.7 Å². The molecule has 2 aromatic heterocycles. The fraction of sp³-hybridized carbons (Fsp3) is 0.357. The van der Waals surface area contributed by atoms with Crippen molar-refractivity contribution in [3.63, 3.8) is 0 Å². The van der Waals surface area contributed by atoms with E-state index in [9.17, 15) is 4.79 Å². The summed E-state index contributed by atoms with van der Waals surface area (Å²) in [6, 6.07) is 22.0. The minimum atomic E-state index is -0.233. The van der Waals surface area contributed by atoms with E-state index in [2.05, 4.69) is 56.4 Å². The van der Waals surface area contributed by atoms with Crippen molar-refractivity contribution in [2.24, 2.45) is 0 Å². The van der Waals surface area contributed by atoms with E-state index < -0.39 is 0 Å². The van der Waals surface area contributed by atoms with Gasteiger partial charge in [0.1, 0.15) is 17.3 Å². The summed E-state index contributed by atoms with van der Waals surface area (Å²) >= 11 is 0. The minimum absolute atomic E-state index is 0.233. The Morgan fingerprint density at radius 2 is 1.36 bits per heavy atom. The molecule has 0 unspecified atom stereocenters. The molecular weight excluding hydrogens is 711 g/mol. The molecule has 3 aliphatic rings. The van der Waals surface area contributed by atoms with Crippen molar-refractivity contribution in [1.29, 1.82) is 0 Å². The van der Waals surface area contributed by atoms with Gasteiger partial charge in [0.15, 0.2) is 0 Å². The Bertz CT molecular complexity index is 2070. The van der Waals surface area contributed by atoms with Gasteiger partial charge in [-0.2, -0.15) is 4.98 Å². The number of aryl methyl sites for hydroxylation is 1. The second-order valence-corrected chi connectivity index (χ2v) is 14.0. The number of morpholine rings is 2. The SMILES string of the molecule is COc1ccc(CN(Cc2ccc(OC)cc2)c2ncc(-c3nc(N4CCOCC4)nc4c3CCN4C(=O)Nc3ccc(N4CCOCC4)cc3C)cn2)cc1. The molecule has 5 heterocycles. The third-order valence-electron chi connectivity index (χ3n) is 10.4. The van der Waals surface area contributed by atoms with Crippen LogP contribution >= 0.6 is 0 Å². The first-order valence-corrected chi connectivity index (χ1v) is 19.0. The summed E-state index contributed by atoms with van der Waals surface area (Å²) in [5, 5.41) is 3.16. The molecule has 290 valence electrons. The number of fused-ring (bicyclic) bond motifs is 1. The fourth-order valence-electron chi connectivity index (χ4n) is 7.28. The highest BCUT2D eigenvalue weighted by Gasteiger charge is 2.32. The molecule has 1 N–H and O–H groups in total. The molecule has 0 saturated carbocycles. The number of nitrogens with zero attached hydrogens (tertiary/aromatic N) is 8. The number of aromatic nitrogens is 4. The molecule has 0 atom stereocenters. The number of anilines is 5. The normalized spacial score (nSPS) is 15.4. The molecule has 8 rings (SSSR count). The number of carbonyl (C=O) groups excluding carboxylic acids is 1.